The van der Waals surface area contributed by atoms with Crippen molar-refractivity contribution in [2.45, 2.75) is 19.3 Å². The van der Waals surface area contributed by atoms with Crippen molar-refractivity contribution < 1.29 is 24.2 Å². The second-order valence-electron chi connectivity index (χ2n) is 2.94. The van der Waals surface area contributed by atoms with Crippen LogP contribution < -0.4 is 0 Å². The van der Waals surface area contributed by atoms with Crippen LogP contribution in [0.3, 0.4) is 0 Å². The van der Waals surface area contributed by atoms with E-state index in [-0.39, 0.29) is 5.76 Å². The van der Waals surface area contributed by atoms with Crippen LogP contribution in [0.5, 0.6) is 0 Å². The largest absolute Gasteiger partial charge is 0.481 e. The fourth-order valence-electron chi connectivity index (χ4n) is 1.12. The molecule has 0 aliphatic heterocycles. The summed E-state index contributed by atoms with van der Waals surface area (Å²) in [6, 6.07) is 3.09. The minimum absolute atomic E-state index is 0.178. The lowest BCUT2D eigenvalue weighted by Gasteiger charge is -2.05. The summed E-state index contributed by atoms with van der Waals surface area (Å²) < 4.78 is 5.06. The third-order valence-corrected chi connectivity index (χ3v) is 1.78. The van der Waals surface area contributed by atoms with Crippen LogP contribution in [0.15, 0.2) is 16.5 Å². The van der Waals surface area contributed by atoms with Crippen molar-refractivity contribution >= 4 is 11.9 Å². The summed E-state index contributed by atoms with van der Waals surface area (Å²) in [6.45, 7) is 1.67. The van der Waals surface area contributed by atoms with E-state index in [1.165, 1.54) is 6.07 Å². The van der Waals surface area contributed by atoms with Gasteiger partial charge in [-0.1, -0.05) is 0 Å². The molecule has 0 amide bonds. The third-order valence-electron chi connectivity index (χ3n) is 1.78. The van der Waals surface area contributed by atoms with E-state index in [4.69, 9.17) is 14.6 Å². The van der Waals surface area contributed by atoms with E-state index in [2.05, 4.69) is 0 Å². The van der Waals surface area contributed by atoms with Gasteiger partial charge in [0.15, 0.2) is 0 Å². The number of carboxylic acids is 2. The number of aliphatic carboxylic acids is 2. The molecule has 0 aliphatic rings. The highest BCUT2D eigenvalue weighted by molar-refractivity contribution is 5.81. The Labute approximate surface area is 80.0 Å². The predicted molar refractivity (Wildman–Crippen MR) is 46.1 cm³/mol. The third kappa shape index (κ3) is 2.35. The van der Waals surface area contributed by atoms with Gasteiger partial charge in [-0.15, -0.1) is 0 Å². The molecular formula is C9H10O5. The zero-order chi connectivity index (χ0) is 10.7. The molecular weight excluding hydrogens is 188 g/mol. The molecule has 0 fully saturated rings. The van der Waals surface area contributed by atoms with Gasteiger partial charge in [0.1, 0.15) is 17.4 Å². The van der Waals surface area contributed by atoms with Gasteiger partial charge in [-0.25, -0.2) is 0 Å². The Morgan fingerprint density at radius 2 is 2.07 bits per heavy atom. The first kappa shape index (κ1) is 10.3. The maximum Gasteiger partial charge on any atom is 0.314 e. The standard InChI is InChI=1S/C9H10O5/c1-5-2-3-7(14-5)6(9(12)13)4-8(10)11/h2-3,6H,4H2,1H3,(H,10,11)(H,12,13). The van der Waals surface area contributed by atoms with Crippen LogP contribution in [-0.2, 0) is 9.59 Å². The molecule has 0 spiro atoms. The topological polar surface area (TPSA) is 87.7 Å². The lowest BCUT2D eigenvalue weighted by Crippen LogP contribution is -2.15. The minimum Gasteiger partial charge on any atom is -0.481 e. The zero-order valence-electron chi connectivity index (χ0n) is 7.56. The quantitative estimate of drug-likeness (QED) is 0.759. The number of carbonyl (C=O) groups is 2. The summed E-state index contributed by atoms with van der Waals surface area (Å²) in [6.07, 6.45) is -0.470. The summed E-state index contributed by atoms with van der Waals surface area (Å²) in [5, 5.41) is 17.3. The van der Waals surface area contributed by atoms with Crippen molar-refractivity contribution in [2.24, 2.45) is 0 Å². The van der Waals surface area contributed by atoms with Crippen LogP contribution in [0.1, 0.15) is 23.9 Å². The van der Waals surface area contributed by atoms with Crippen LogP contribution in [0, 0.1) is 6.92 Å². The molecule has 1 atom stereocenters. The maximum absolute atomic E-state index is 10.7. The van der Waals surface area contributed by atoms with Gasteiger partial charge in [-0.3, -0.25) is 9.59 Å². The van der Waals surface area contributed by atoms with E-state index in [1.54, 1.807) is 13.0 Å². The van der Waals surface area contributed by atoms with E-state index in [1.807, 2.05) is 0 Å². The highest BCUT2D eigenvalue weighted by Crippen LogP contribution is 2.22. The van der Waals surface area contributed by atoms with Gasteiger partial charge in [0.2, 0.25) is 0 Å². The average Bonchev–Trinajstić information content (AvgIpc) is 2.46. The Morgan fingerprint density at radius 1 is 1.43 bits per heavy atom. The zero-order valence-corrected chi connectivity index (χ0v) is 7.56. The van der Waals surface area contributed by atoms with Gasteiger partial charge in [-0.2, -0.15) is 0 Å². The molecule has 5 nitrogen and oxygen atoms in total. The summed E-state index contributed by atoms with van der Waals surface area (Å²) >= 11 is 0. The molecule has 0 aromatic carbocycles. The molecule has 0 aliphatic carbocycles. The van der Waals surface area contributed by atoms with Crippen molar-refractivity contribution in [2.75, 3.05) is 0 Å². The normalized spacial score (nSPS) is 12.4. The molecule has 14 heavy (non-hydrogen) atoms. The summed E-state index contributed by atoms with van der Waals surface area (Å²) in [7, 11) is 0. The summed E-state index contributed by atoms with van der Waals surface area (Å²) in [5.41, 5.74) is 0. The van der Waals surface area contributed by atoms with Crippen molar-refractivity contribution in [1.82, 2.24) is 0 Å². The molecule has 1 aromatic rings. The molecule has 1 unspecified atom stereocenters. The van der Waals surface area contributed by atoms with E-state index in [0.717, 1.165) is 0 Å². The Balaban J connectivity index is 2.88. The van der Waals surface area contributed by atoms with Gasteiger partial charge in [0.25, 0.3) is 0 Å². The maximum atomic E-state index is 10.7. The SMILES string of the molecule is Cc1ccc(C(CC(=O)O)C(=O)O)o1. The molecule has 2 N–H and O–H groups in total. The van der Waals surface area contributed by atoms with Gasteiger partial charge in [0.05, 0.1) is 6.42 Å². The fraction of sp³-hybridized carbons (Fsp3) is 0.333. The smallest absolute Gasteiger partial charge is 0.314 e. The number of aryl methyl sites for hydroxylation is 1. The molecule has 0 saturated heterocycles. The number of hydrogen-bond donors (Lipinski definition) is 2. The van der Waals surface area contributed by atoms with E-state index >= 15 is 0 Å². The molecule has 1 aromatic heterocycles. The number of carboxylic acid groups (broad SMARTS) is 2. The Morgan fingerprint density at radius 3 is 2.43 bits per heavy atom. The van der Waals surface area contributed by atoms with E-state index < -0.39 is 24.3 Å². The number of furan rings is 1. The van der Waals surface area contributed by atoms with Gasteiger partial charge in [-0.05, 0) is 19.1 Å². The van der Waals surface area contributed by atoms with Crippen LogP contribution in [0.4, 0.5) is 0 Å². The van der Waals surface area contributed by atoms with Crippen molar-refractivity contribution in [3.05, 3.63) is 23.7 Å². The van der Waals surface area contributed by atoms with Gasteiger partial charge < -0.3 is 14.6 Å². The second kappa shape index (κ2) is 3.95. The Kier molecular flexibility index (Phi) is 2.91. The number of hydrogen-bond acceptors (Lipinski definition) is 3. The minimum atomic E-state index is -1.19. The first-order valence-electron chi connectivity index (χ1n) is 4.01. The average molecular weight is 198 g/mol. The highest BCUT2D eigenvalue weighted by Gasteiger charge is 2.25. The Hall–Kier alpha value is -1.78. The highest BCUT2D eigenvalue weighted by atomic mass is 16.4. The van der Waals surface area contributed by atoms with Crippen molar-refractivity contribution in [1.29, 1.82) is 0 Å². The lowest BCUT2D eigenvalue weighted by molar-refractivity contribution is -0.145. The fourth-order valence-corrected chi connectivity index (χ4v) is 1.12. The molecule has 0 radical (unpaired) electrons. The van der Waals surface area contributed by atoms with Crippen LogP contribution >= 0.6 is 0 Å². The lowest BCUT2D eigenvalue weighted by atomic mass is 10.0. The molecule has 1 heterocycles. The van der Waals surface area contributed by atoms with Crippen LogP contribution in [0.2, 0.25) is 0 Å². The molecule has 76 valence electrons. The predicted octanol–water partition coefficient (Wildman–Crippen LogP) is 1.23. The molecule has 1 rings (SSSR count). The van der Waals surface area contributed by atoms with E-state index in [0.29, 0.717) is 5.76 Å². The summed E-state index contributed by atoms with van der Waals surface area (Å²) in [5.74, 6) is -2.72. The van der Waals surface area contributed by atoms with Crippen LogP contribution in [-0.4, -0.2) is 22.2 Å². The van der Waals surface area contributed by atoms with Crippen molar-refractivity contribution in [3.63, 3.8) is 0 Å². The molecule has 0 saturated carbocycles. The van der Waals surface area contributed by atoms with Crippen LogP contribution in [0.25, 0.3) is 0 Å². The first-order chi connectivity index (χ1) is 6.50. The monoisotopic (exact) mass is 198 g/mol. The number of rotatable bonds is 4. The van der Waals surface area contributed by atoms with E-state index in [9.17, 15) is 9.59 Å². The second-order valence-corrected chi connectivity index (χ2v) is 2.94. The molecule has 5 heteroatoms. The van der Waals surface area contributed by atoms with Gasteiger partial charge in [0, 0.05) is 0 Å². The molecule has 0 bridgehead atoms. The Bertz CT molecular complexity index is 352. The van der Waals surface area contributed by atoms with Gasteiger partial charge >= 0.3 is 11.9 Å². The van der Waals surface area contributed by atoms with Crippen molar-refractivity contribution in [3.8, 4) is 0 Å². The summed E-state index contributed by atoms with van der Waals surface area (Å²) in [4.78, 5) is 21.1. The first-order valence-corrected chi connectivity index (χ1v) is 4.01.